The lowest BCUT2D eigenvalue weighted by atomic mass is 10.2. The fourth-order valence-corrected chi connectivity index (χ4v) is 3.36. The molecule has 1 amide bonds. The summed E-state index contributed by atoms with van der Waals surface area (Å²) in [6.45, 7) is 0.733. The van der Waals surface area contributed by atoms with Crippen molar-refractivity contribution in [2.45, 2.75) is 25.8 Å². The Morgan fingerprint density at radius 1 is 1.43 bits per heavy atom. The Kier molecular flexibility index (Phi) is 4.07. The molecule has 2 heterocycles. The molecule has 0 saturated heterocycles. The zero-order valence-electron chi connectivity index (χ0n) is 11.3. The van der Waals surface area contributed by atoms with Crippen LogP contribution in [-0.4, -0.2) is 22.2 Å². The Hall–Kier alpha value is -1.66. The summed E-state index contributed by atoms with van der Waals surface area (Å²) in [7, 11) is 0. The van der Waals surface area contributed by atoms with Gasteiger partial charge in [-0.05, 0) is 37.0 Å². The quantitative estimate of drug-likeness (QED) is 0.934. The maximum atomic E-state index is 11.9. The summed E-state index contributed by atoms with van der Waals surface area (Å²) >= 11 is 7.02. The molecule has 1 N–H and O–H groups in total. The van der Waals surface area contributed by atoms with Gasteiger partial charge in [0.2, 0.25) is 0 Å². The Morgan fingerprint density at radius 3 is 3.05 bits per heavy atom. The van der Waals surface area contributed by atoms with E-state index in [2.05, 4.69) is 10.4 Å². The first kappa shape index (κ1) is 14.3. The van der Waals surface area contributed by atoms with E-state index < -0.39 is 0 Å². The van der Waals surface area contributed by atoms with Gasteiger partial charge in [0.15, 0.2) is 0 Å². The number of halogens is 1. The van der Waals surface area contributed by atoms with Crippen molar-refractivity contribution in [2.75, 3.05) is 6.54 Å². The summed E-state index contributed by atoms with van der Waals surface area (Å²) in [5, 5.41) is 7.13. The van der Waals surface area contributed by atoms with Gasteiger partial charge >= 0.3 is 0 Å². The molecule has 5 nitrogen and oxygen atoms in total. The minimum atomic E-state index is -0.180. The summed E-state index contributed by atoms with van der Waals surface area (Å²) in [6.07, 6.45) is 2.92. The molecular formula is C14H14ClN3O2S. The van der Waals surface area contributed by atoms with Crippen LogP contribution >= 0.6 is 22.9 Å². The highest BCUT2D eigenvalue weighted by Gasteiger charge is 2.14. The fraction of sp³-hybridized carbons (Fsp3) is 0.357. The minimum Gasteiger partial charge on any atom is -0.349 e. The number of aromatic nitrogens is 2. The molecule has 0 saturated carbocycles. The van der Waals surface area contributed by atoms with Crippen LogP contribution in [0.25, 0.3) is 0 Å². The topological polar surface area (TPSA) is 64.0 Å². The van der Waals surface area contributed by atoms with Crippen LogP contribution in [0.1, 0.15) is 27.3 Å². The van der Waals surface area contributed by atoms with Crippen LogP contribution in [0.2, 0.25) is 4.34 Å². The van der Waals surface area contributed by atoms with E-state index in [1.54, 1.807) is 18.2 Å². The van der Waals surface area contributed by atoms with E-state index in [0.717, 1.165) is 30.5 Å². The van der Waals surface area contributed by atoms with Crippen LogP contribution in [0.5, 0.6) is 0 Å². The van der Waals surface area contributed by atoms with E-state index in [1.165, 1.54) is 16.0 Å². The molecule has 0 aromatic carbocycles. The predicted molar refractivity (Wildman–Crippen MR) is 82.2 cm³/mol. The van der Waals surface area contributed by atoms with Crippen LogP contribution in [-0.2, 0) is 19.4 Å². The third kappa shape index (κ3) is 3.16. The Morgan fingerprint density at radius 2 is 2.29 bits per heavy atom. The van der Waals surface area contributed by atoms with E-state index in [-0.39, 0.29) is 11.5 Å². The van der Waals surface area contributed by atoms with Crippen LogP contribution in [0.15, 0.2) is 23.0 Å². The monoisotopic (exact) mass is 323 g/mol. The highest BCUT2D eigenvalue weighted by atomic mass is 35.5. The molecule has 0 spiro atoms. The number of fused-ring (bicyclic) bond motifs is 1. The molecular weight excluding hydrogens is 310 g/mol. The lowest BCUT2D eigenvalue weighted by Crippen LogP contribution is -2.32. The zero-order valence-corrected chi connectivity index (χ0v) is 12.8. The van der Waals surface area contributed by atoms with E-state index in [9.17, 15) is 9.59 Å². The van der Waals surface area contributed by atoms with Gasteiger partial charge in [0.1, 0.15) is 0 Å². The summed E-state index contributed by atoms with van der Waals surface area (Å²) in [5.74, 6) is -0.180. The molecule has 0 fully saturated rings. The van der Waals surface area contributed by atoms with Crippen molar-refractivity contribution in [2.24, 2.45) is 0 Å². The van der Waals surface area contributed by atoms with Crippen LogP contribution in [0.3, 0.4) is 0 Å². The van der Waals surface area contributed by atoms with Gasteiger partial charge < -0.3 is 5.32 Å². The molecule has 0 radical (unpaired) electrons. The molecule has 7 heteroatoms. The first-order chi connectivity index (χ1) is 10.1. The molecule has 0 unspecified atom stereocenters. The van der Waals surface area contributed by atoms with Crippen molar-refractivity contribution < 1.29 is 4.79 Å². The number of thiophene rings is 1. The summed E-state index contributed by atoms with van der Waals surface area (Å²) in [4.78, 5) is 24.3. The zero-order chi connectivity index (χ0) is 14.8. The third-order valence-electron chi connectivity index (χ3n) is 3.43. The van der Waals surface area contributed by atoms with Crippen molar-refractivity contribution in [3.05, 3.63) is 49.0 Å². The number of amides is 1. The number of rotatable bonds is 4. The minimum absolute atomic E-state index is 0.107. The third-order valence-corrected chi connectivity index (χ3v) is 4.66. The van der Waals surface area contributed by atoms with Gasteiger partial charge in [0.05, 0.1) is 21.5 Å². The second-order valence-corrected chi connectivity index (χ2v) is 6.61. The van der Waals surface area contributed by atoms with Crippen molar-refractivity contribution >= 4 is 28.8 Å². The van der Waals surface area contributed by atoms with Crippen molar-refractivity contribution in [1.29, 1.82) is 0 Å². The Balaban J connectivity index is 1.61. The smallest absolute Gasteiger partial charge is 0.267 e. The number of nitrogens with zero attached hydrogens (tertiary/aromatic N) is 2. The van der Waals surface area contributed by atoms with Gasteiger partial charge in [-0.25, -0.2) is 4.68 Å². The standard InChI is InChI=1S/C14H14ClN3O2S/c15-12-5-4-11(21-12)14(20)16-6-7-18-13(19)8-9-2-1-3-10(9)17-18/h4-5,8H,1-3,6-7H2,(H,16,20). The fourth-order valence-electron chi connectivity index (χ4n) is 2.40. The van der Waals surface area contributed by atoms with Gasteiger partial charge in [0, 0.05) is 12.6 Å². The first-order valence-electron chi connectivity index (χ1n) is 6.77. The van der Waals surface area contributed by atoms with E-state index in [1.807, 2.05) is 0 Å². The van der Waals surface area contributed by atoms with E-state index in [4.69, 9.17) is 11.6 Å². The van der Waals surface area contributed by atoms with Crippen molar-refractivity contribution in [1.82, 2.24) is 15.1 Å². The molecule has 0 bridgehead atoms. The molecule has 110 valence electrons. The van der Waals surface area contributed by atoms with Gasteiger partial charge in [-0.1, -0.05) is 11.6 Å². The summed E-state index contributed by atoms with van der Waals surface area (Å²) in [5.41, 5.74) is 1.96. The lowest BCUT2D eigenvalue weighted by molar-refractivity contribution is 0.0956. The first-order valence-corrected chi connectivity index (χ1v) is 7.96. The number of hydrogen-bond acceptors (Lipinski definition) is 4. The summed E-state index contributed by atoms with van der Waals surface area (Å²) < 4.78 is 2.00. The van der Waals surface area contributed by atoms with E-state index in [0.29, 0.717) is 22.3 Å². The molecule has 2 aromatic rings. The van der Waals surface area contributed by atoms with Gasteiger partial charge in [0.25, 0.3) is 11.5 Å². The number of carbonyl (C=O) groups excluding carboxylic acids is 1. The number of nitrogens with one attached hydrogen (secondary N) is 1. The van der Waals surface area contributed by atoms with Gasteiger partial charge in [-0.15, -0.1) is 11.3 Å². The van der Waals surface area contributed by atoms with Gasteiger partial charge in [-0.2, -0.15) is 5.10 Å². The molecule has 2 aromatic heterocycles. The number of aryl methyl sites for hydroxylation is 2. The molecule has 3 rings (SSSR count). The van der Waals surface area contributed by atoms with Crippen molar-refractivity contribution in [3.63, 3.8) is 0 Å². The van der Waals surface area contributed by atoms with Crippen LogP contribution in [0, 0.1) is 0 Å². The highest BCUT2D eigenvalue weighted by molar-refractivity contribution is 7.17. The molecule has 0 atom stereocenters. The molecule has 1 aliphatic rings. The maximum Gasteiger partial charge on any atom is 0.267 e. The second-order valence-electron chi connectivity index (χ2n) is 4.89. The highest BCUT2D eigenvalue weighted by Crippen LogP contribution is 2.21. The molecule has 0 aliphatic heterocycles. The largest absolute Gasteiger partial charge is 0.349 e. The van der Waals surface area contributed by atoms with E-state index >= 15 is 0 Å². The SMILES string of the molecule is O=C(NCCn1nc2c(cc1=O)CCC2)c1ccc(Cl)s1. The number of carbonyl (C=O) groups is 1. The Bertz CT molecular complexity index is 738. The van der Waals surface area contributed by atoms with Crippen LogP contribution in [0.4, 0.5) is 0 Å². The lowest BCUT2D eigenvalue weighted by Gasteiger charge is -2.07. The average Bonchev–Trinajstić information content (AvgIpc) is 3.07. The Labute approximate surface area is 130 Å². The summed E-state index contributed by atoms with van der Waals surface area (Å²) in [6, 6.07) is 5.03. The molecule has 1 aliphatic carbocycles. The second kappa shape index (κ2) is 5.99. The maximum absolute atomic E-state index is 11.9. The van der Waals surface area contributed by atoms with Crippen LogP contribution < -0.4 is 10.9 Å². The average molecular weight is 324 g/mol. The molecule has 21 heavy (non-hydrogen) atoms. The normalized spacial score (nSPS) is 13.2. The van der Waals surface area contributed by atoms with Crippen molar-refractivity contribution in [3.8, 4) is 0 Å². The van der Waals surface area contributed by atoms with Gasteiger partial charge in [-0.3, -0.25) is 9.59 Å². The predicted octanol–water partition coefficient (Wildman–Crippen LogP) is 1.88. The number of hydrogen-bond donors (Lipinski definition) is 1.